The van der Waals surface area contributed by atoms with Crippen molar-refractivity contribution in [2.24, 2.45) is 5.92 Å². The Bertz CT molecular complexity index is 522. The van der Waals surface area contributed by atoms with Crippen LogP contribution in [0.25, 0.3) is 0 Å². The molecule has 0 spiro atoms. The quantitative estimate of drug-likeness (QED) is 0.805. The number of nitrogens with one attached hydrogen (secondary N) is 1. The van der Waals surface area contributed by atoms with Crippen LogP contribution in [0.2, 0.25) is 0 Å². The van der Waals surface area contributed by atoms with Gasteiger partial charge in [-0.3, -0.25) is 4.79 Å². The Kier molecular flexibility index (Phi) is 4.50. The molecule has 1 aromatic rings. The van der Waals surface area contributed by atoms with Crippen molar-refractivity contribution in [2.75, 3.05) is 6.61 Å². The second-order valence-corrected chi connectivity index (χ2v) is 5.62. The number of rotatable bonds is 7. The predicted molar refractivity (Wildman–Crippen MR) is 78.2 cm³/mol. The smallest absolute Gasteiger partial charge is 0.329 e. The van der Waals surface area contributed by atoms with E-state index < -0.39 is 17.4 Å². The fourth-order valence-electron chi connectivity index (χ4n) is 2.29. The summed E-state index contributed by atoms with van der Waals surface area (Å²) in [7, 11) is 0. The van der Waals surface area contributed by atoms with Crippen LogP contribution in [0.4, 0.5) is 0 Å². The van der Waals surface area contributed by atoms with Gasteiger partial charge in [-0.05, 0) is 49.8 Å². The average Bonchev–Trinajstić information content (AvgIpc) is 3.30. The van der Waals surface area contributed by atoms with Gasteiger partial charge < -0.3 is 15.2 Å². The van der Waals surface area contributed by atoms with Gasteiger partial charge in [-0.2, -0.15) is 0 Å². The van der Waals surface area contributed by atoms with E-state index in [1.54, 1.807) is 6.92 Å². The van der Waals surface area contributed by atoms with Crippen LogP contribution in [0.5, 0.6) is 5.75 Å². The SMILES string of the molecule is CCc1ccc(OCC(=O)NC(C)(C(=O)O)C2CC2)cc1. The number of amides is 1. The van der Waals surface area contributed by atoms with Crippen LogP contribution in [0.15, 0.2) is 24.3 Å². The van der Waals surface area contributed by atoms with Crippen molar-refractivity contribution in [1.82, 2.24) is 5.32 Å². The second kappa shape index (κ2) is 6.16. The summed E-state index contributed by atoms with van der Waals surface area (Å²) in [5, 5.41) is 11.9. The number of aliphatic carboxylic acids is 1. The summed E-state index contributed by atoms with van der Waals surface area (Å²) in [6, 6.07) is 7.50. The highest BCUT2D eigenvalue weighted by atomic mass is 16.5. The molecule has 1 saturated carbocycles. The molecular weight excluding hydrogens is 270 g/mol. The molecule has 21 heavy (non-hydrogen) atoms. The van der Waals surface area contributed by atoms with Gasteiger partial charge in [0.05, 0.1) is 0 Å². The molecule has 1 atom stereocenters. The van der Waals surface area contributed by atoms with Crippen molar-refractivity contribution in [1.29, 1.82) is 0 Å². The van der Waals surface area contributed by atoms with Crippen molar-refractivity contribution in [3.63, 3.8) is 0 Å². The molecule has 114 valence electrons. The Morgan fingerprint density at radius 2 is 1.95 bits per heavy atom. The minimum absolute atomic E-state index is 0.0165. The van der Waals surface area contributed by atoms with E-state index in [-0.39, 0.29) is 12.5 Å². The molecular formula is C16H21NO4. The fourth-order valence-corrected chi connectivity index (χ4v) is 2.29. The van der Waals surface area contributed by atoms with Crippen molar-refractivity contribution in [3.05, 3.63) is 29.8 Å². The lowest BCUT2D eigenvalue weighted by molar-refractivity contribution is -0.148. The molecule has 0 bridgehead atoms. The number of aryl methyl sites for hydroxylation is 1. The van der Waals surface area contributed by atoms with Crippen molar-refractivity contribution in [2.45, 2.75) is 38.6 Å². The molecule has 2 rings (SSSR count). The van der Waals surface area contributed by atoms with E-state index in [1.807, 2.05) is 24.3 Å². The number of carbonyl (C=O) groups is 2. The Labute approximate surface area is 124 Å². The first-order chi connectivity index (χ1) is 9.95. The number of hydrogen-bond donors (Lipinski definition) is 2. The van der Waals surface area contributed by atoms with Gasteiger partial charge >= 0.3 is 5.97 Å². The zero-order chi connectivity index (χ0) is 15.5. The molecule has 0 saturated heterocycles. The summed E-state index contributed by atoms with van der Waals surface area (Å²) in [5.74, 6) is -0.786. The Balaban J connectivity index is 1.87. The van der Waals surface area contributed by atoms with Gasteiger partial charge in [0.25, 0.3) is 5.91 Å². The molecule has 1 unspecified atom stereocenters. The summed E-state index contributed by atoms with van der Waals surface area (Å²) in [5.41, 5.74) is 0.00552. The van der Waals surface area contributed by atoms with Crippen LogP contribution < -0.4 is 10.1 Å². The lowest BCUT2D eigenvalue weighted by Gasteiger charge is -2.26. The topological polar surface area (TPSA) is 75.6 Å². The number of carboxylic acid groups (broad SMARTS) is 1. The van der Waals surface area contributed by atoms with E-state index in [4.69, 9.17) is 4.74 Å². The number of carbonyl (C=O) groups excluding carboxylic acids is 1. The molecule has 0 aliphatic heterocycles. The number of carboxylic acids is 1. The zero-order valence-electron chi connectivity index (χ0n) is 12.4. The molecule has 1 aliphatic carbocycles. The third kappa shape index (κ3) is 3.74. The van der Waals surface area contributed by atoms with E-state index in [9.17, 15) is 14.7 Å². The molecule has 0 heterocycles. The van der Waals surface area contributed by atoms with Gasteiger partial charge in [0, 0.05) is 0 Å². The zero-order valence-corrected chi connectivity index (χ0v) is 12.4. The van der Waals surface area contributed by atoms with Crippen LogP contribution >= 0.6 is 0 Å². The maximum Gasteiger partial charge on any atom is 0.329 e. The average molecular weight is 291 g/mol. The van der Waals surface area contributed by atoms with Gasteiger partial charge in [0.2, 0.25) is 0 Å². The summed E-state index contributed by atoms with van der Waals surface area (Å²) in [6.45, 7) is 3.44. The number of ether oxygens (including phenoxy) is 1. The van der Waals surface area contributed by atoms with Crippen LogP contribution in [-0.4, -0.2) is 29.1 Å². The van der Waals surface area contributed by atoms with Gasteiger partial charge in [-0.25, -0.2) is 4.79 Å². The Morgan fingerprint density at radius 3 is 2.43 bits per heavy atom. The van der Waals surface area contributed by atoms with Crippen molar-refractivity contribution in [3.8, 4) is 5.75 Å². The van der Waals surface area contributed by atoms with Crippen LogP contribution in [-0.2, 0) is 16.0 Å². The third-order valence-electron chi connectivity index (χ3n) is 3.94. The molecule has 5 nitrogen and oxygen atoms in total. The monoisotopic (exact) mass is 291 g/mol. The summed E-state index contributed by atoms with van der Waals surface area (Å²) in [4.78, 5) is 23.2. The maximum absolute atomic E-state index is 11.9. The van der Waals surface area contributed by atoms with E-state index in [0.29, 0.717) is 5.75 Å². The Hall–Kier alpha value is -2.04. The van der Waals surface area contributed by atoms with Crippen molar-refractivity contribution >= 4 is 11.9 Å². The number of benzene rings is 1. The first-order valence-corrected chi connectivity index (χ1v) is 7.22. The molecule has 0 radical (unpaired) electrons. The van der Waals surface area contributed by atoms with Gasteiger partial charge in [0.15, 0.2) is 6.61 Å². The highest BCUT2D eigenvalue weighted by molar-refractivity contribution is 5.88. The lowest BCUT2D eigenvalue weighted by atomic mass is 9.96. The normalized spacial score (nSPS) is 16.9. The molecule has 5 heteroatoms. The predicted octanol–water partition coefficient (Wildman–Crippen LogP) is 2.00. The van der Waals surface area contributed by atoms with Crippen LogP contribution in [0, 0.1) is 5.92 Å². The third-order valence-corrected chi connectivity index (χ3v) is 3.94. The summed E-state index contributed by atoms with van der Waals surface area (Å²) >= 11 is 0. The van der Waals surface area contributed by atoms with E-state index in [1.165, 1.54) is 5.56 Å². The minimum Gasteiger partial charge on any atom is -0.484 e. The van der Waals surface area contributed by atoms with Gasteiger partial charge in [-0.1, -0.05) is 19.1 Å². The van der Waals surface area contributed by atoms with E-state index >= 15 is 0 Å². The first-order valence-electron chi connectivity index (χ1n) is 7.22. The fraction of sp³-hybridized carbons (Fsp3) is 0.500. The molecule has 0 aromatic heterocycles. The molecule has 1 fully saturated rings. The molecule has 1 amide bonds. The highest BCUT2D eigenvalue weighted by Gasteiger charge is 2.48. The lowest BCUT2D eigenvalue weighted by Crippen LogP contribution is -2.55. The second-order valence-electron chi connectivity index (χ2n) is 5.62. The highest BCUT2D eigenvalue weighted by Crippen LogP contribution is 2.39. The first kappa shape index (κ1) is 15.4. The largest absolute Gasteiger partial charge is 0.484 e. The van der Waals surface area contributed by atoms with Gasteiger partial charge in [-0.15, -0.1) is 0 Å². The standard InChI is InChI=1S/C16H21NO4/c1-3-11-4-8-13(9-5-11)21-10-14(18)17-16(2,15(19)20)12-6-7-12/h4-5,8-9,12H,3,6-7,10H2,1-2H3,(H,17,18)(H,19,20). The van der Waals surface area contributed by atoms with Crippen LogP contribution in [0.1, 0.15) is 32.3 Å². The van der Waals surface area contributed by atoms with Crippen molar-refractivity contribution < 1.29 is 19.4 Å². The molecule has 2 N–H and O–H groups in total. The summed E-state index contributed by atoms with van der Waals surface area (Å²) < 4.78 is 5.39. The van der Waals surface area contributed by atoms with E-state index in [2.05, 4.69) is 12.2 Å². The van der Waals surface area contributed by atoms with E-state index in [0.717, 1.165) is 19.3 Å². The minimum atomic E-state index is -1.19. The van der Waals surface area contributed by atoms with Gasteiger partial charge in [0.1, 0.15) is 11.3 Å². The van der Waals surface area contributed by atoms with Crippen LogP contribution in [0.3, 0.4) is 0 Å². The number of hydrogen-bond acceptors (Lipinski definition) is 3. The maximum atomic E-state index is 11.9. The summed E-state index contributed by atoms with van der Waals surface area (Å²) in [6.07, 6.45) is 2.62. The molecule has 1 aromatic carbocycles. The molecule has 1 aliphatic rings. The Morgan fingerprint density at radius 1 is 1.33 bits per heavy atom.